The molecule has 6 heterocycles. The van der Waals surface area contributed by atoms with Crippen LogP contribution < -0.4 is 27.4 Å². The topological polar surface area (TPSA) is 23.3 Å². The molecule has 0 fully saturated rings. The van der Waals surface area contributed by atoms with Crippen LogP contribution in [0.15, 0.2) is 140 Å². The van der Waals surface area contributed by atoms with Crippen molar-refractivity contribution in [3.8, 4) is 67.5 Å². The molecule has 498 valence electrons. The third kappa shape index (κ3) is 16.2. The zero-order valence-electron chi connectivity index (χ0n) is 63.1. The van der Waals surface area contributed by atoms with E-state index in [1.807, 2.05) is 54.5 Å². The highest BCUT2D eigenvalue weighted by Gasteiger charge is 2.39. The molecule has 3 aromatic carbocycles. The fourth-order valence-corrected chi connectivity index (χ4v) is 12.9. The zero-order valence-corrected chi connectivity index (χ0v) is 63.1. The largest absolute Gasteiger partial charge is 0.417 e. The Kier molecular flexibility index (Phi) is 21.1. The summed E-state index contributed by atoms with van der Waals surface area (Å²) in [5.41, 5.74) is 26.9. The van der Waals surface area contributed by atoms with Gasteiger partial charge in [-0.25, -0.2) is 27.4 Å². The molecule has 0 aliphatic rings. The predicted octanol–water partition coefficient (Wildman–Crippen LogP) is 18.7. The van der Waals surface area contributed by atoms with Crippen molar-refractivity contribution in [2.45, 2.75) is 205 Å². The van der Waals surface area contributed by atoms with Crippen LogP contribution >= 0.6 is 0 Å². The summed E-state index contributed by atoms with van der Waals surface area (Å²) in [7, 11) is 12.4. The van der Waals surface area contributed by atoms with Gasteiger partial charge in [-0.2, -0.15) is 13.2 Å². The summed E-state index contributed by atoms with van der Waals surface area (Å²) >= 11 is 0. The van der Waals surface area contributed by atoms with Gasteiger partial charge in [0.25, 0.3) is 0 Å². The fourth-order valence-electron chi connectivity index (χ4n) is 12.9. The van der Waals surface area contributed by atoms with Crippen molar-refractivity contribution in [3.63, 3.8) is 0 Å². The summed E-state index contributed by atoms with van der Waals surface area (Å²) < 4.78 is 55.7. The second-order valence-corrected chi connectivity index (χ2v) is 33.0. The molecular weight excluding hydrogens is 1160 g/mol. The zero-order chi connectivity index (χ0) is 70.7. The molecule has 0 aliphatic carbocycles. The lowest BCUT2D eigenvalue weighted by Crippen LogP contribution is -2.35. The summed E-state index contributed by atoms with van der Waals surface area (Å²) in [6.45, 7) is 52.7. The Morgan fingerprint density at radius 3 is 0.851 bits per heavy atom. The molecule has 94 heavy (non-hydrogen) atoms. The normalized spacial score (nSPS) is 12.5. The van der Waals surface area contributed by atoms with Gasteiger partial charge in [-0.05, 0) is 160 Å². The van der Waals surface area contributed by atoms with Gasteiger partial charge < -0.3 is 0 Å². The Bertz CT molecular complexity index is 4140. The van der Waals surface area contributed by atoms with Crippen LogP contribution in [0.1, 0.15) is 197 Å². The van der Waals surface area contributed by atoms with Gasteiger partial charge in [-0.1, -0.05) is 137 Å². The smallest absolute Gasteiger partial charge is 0.201 e. The SMILES string of the molecule is Cc1c(-c2cc(C(C)(C)C)cc[n+]2C)cccc1-c1cc(C(C)(C)C)cc[n+]1C.Cc1cc(C(F)(F)F)c(-c2ccc(C(C)(C)C)c[n+]2C)c(C)c1-c1ccc(C(C)(C)C)c[n+]1C.Cc1cc(C)c(-c2cc(C(C)(C)C)cc[n+]2C)c(C)c1-c1cc(C(C)(C)C)cc[n+]1C. The van der Waals surface area contributed by atoms with Crippen molar-refractivity contribution >= 4 is 0 Å². The number of hydrogen-bond donors (Lipinski definition) is 0. The predicted molar refractivity (Wildman–Crippen MR) is 385 cm³/mol. The van der Waals surface area contributed by atoms with E-state index in [9.17, 15) is 13.2 Å². The molecule has 9 rings (SSSR count). The van der Waals surface area contributed by atoms with Crippen LogP contribution in [0.4, 0.5) is 13.2 Å². The molecule has 0 spiro atoms. The van der Waals surface area contributed by atoms with Gasteiger partial charge in [0.1, 0.15) is 42.3 Å². The molecule has 0 saturated heterocycles. The molecule has 6 aromatic heterocycles. The highest BCUT2D eigenvalue weighted by Crippen LogP contribution is 2.44. The Labute approximate surface area is 564 Å². The second kappa shape index (κ2) is 26.9. The molecule has 0 N–H and O–H groups in total. The molecule has 9 aromatic rings. The van der Waals surface area contributed by atoms with E-state index in [0.29, 0.717) is 16.8 Å². The first-order valence-electron chi connectivity index (χ1n) is 33.5. The van der Waals surface area contributed by atoms with E-state index in [-0.39, 0.29) is 38.1 Å². The molecule has 0 saturated carbocycles. The number of alkyl halides is 3. The van der Waals surface area contributed by atoms with Crippen molar-refractivity contribution in [2.24, 2.45) is 42.3 Å². The average Bonchev–Trinajstić information content (AvgIpc) is 0.758. The number of aromatic nitrogens is 6. The fraction of sp³-hybridized carbons (Fsp3) is 0.435. The molecule has 0 unspecified atom stereocenters. The molecule has 0 bridgehead atoms. The van der Waals surface area contributed by atoms with E-state index in [0.717, 1.165) is 16.8 Å². The van der Waals surface area contributed by atoms with Crippen molar-refractivity contribution in [3.05, 3.63) is 213 Å². The first-order chi connectivity index (χ1) is 43.0. The first-order valence-corrected chi connectivity index (χ1v) is 33.5. The summed E-state index contributed by atoms with van der Waals surface area (Å²) in [6, 6.07) is 36.6. The van der Waals surface area contributed by atoms with Crippen LogP contribution in [0.25, 0.3) is 67.5 Å². The average molecular weight is 1280 g/mol. The second-order valence-electron chi connectivity index (χ2n) is 33.0. The molecule has 0 aliphatic heterocycles. The van der Waals surface area contributed by atoms with Crippen LogP contribution in [0.5, 0.6) is 0 Å². The van der Waals surface area contributed by atoms with Crippen LogP contribution in [-0.4, -0.2) is 0 Å². The number of nitrogens with zero attached hydrogens (tertiary/aromatic N) is 6. The van der Waals surface area contributed by atoms with Gasteiger partial charge in [0.05, 0.1) is 27.8 Å². The van der Waals surface area contributed by atoms with Crippen LogP contribution in [0.3, 0.4) is 0 Å². The number of halogens is 3. The van der Waals surface area contributed by atoms with E-state index in [1.54, 1.807) is 6.92 Å². The lowest BCUT2D eigenvalue weighted by molar-refractivity contribution is -0.661. The van der Waals surface area contributed by atoms with Crippen molar-refractivity contribution in [1.29, 1.82) is 0 Å². The minimum atomic E-state index is -4.46. The van der Waals surface area contributed by atoms with E-state index in [2.05, 4.69) is 309 Å². The summed E-state index contributed by atoms with van der Waals surface area (Å²) in [5, 5.41) is 0. The minimum Gasteiger partial charge on any atom is -0.201 e. The van der Waals surface area contributed by atoms with Crippen molar-refractivity contribution in [2.75, 3.05) is 0 Å². The quantitative estimate of drug-likeness (QED) is 0.148. The molecule has 0 amide bonds. The summed E-state index contributed by atoms with van der Waals surface area (Å²) in [5.74, 6) is 0. The van der Waals surface area contributed by atoms with Gasteiger partial charge in [0, 0.05) is 82.9 Å². The van der Waals surface area contributed by atoms with E-state index < -0.39 is 11.7 Å². The number of pyridine rings is 6. The van der Waals surface area contributed by atoms with Gasteiger partial charge >= 0.3 is 6.18 Å². The minimum absolute atomic E-state index is 0.0196. The van der Waals surface area contributed by atoms with E-state index in [4.69, 9.17) is 0 Å². The summed E-state index contributed by atoms with van der Waals surface area (Å²) in [6.07, 6.45) is 8.32. The number of hydrogen-bond acceptors (Lipinski definition) is 0. The highest BCUT2D eigenvalue weighted by atomic mass is 19.4. The monoisotopic (exact) mass is 1270 g/mol. The standard InChI is InChI=1S/C29H37F3N2.C29H40N2.C27H36N2/c1-18-15-22(29(30,31)32)26(24-14-12-21(17-34(24)10)28(6,7)8)19(2)25(18)23-13-11-20(16-33(23)9)27(3,4)5;1-19-16-20(2)27(25-18-23(29(7,8)9)13-15-31(25)11)21(3)26(19)24-17-22(28(4,5)6)12-14-30(24)10;1-19-22(24-17-20(26(2,3)4)13-15-28(24)8)11-10-12-23(19)25-18-21(27(5,6)7)14-16-29(25)9/h11-17H,1-10H3;12-18H,1-11H3;10-18H,1-9H3/q3*+2. The maximum atomic E-state index is 14.3. The third-order valence-corrected chi connectivity index (χ3v) is 19.0. The van der Waals surface area contributed by atoms with Crippen molar-refractivity contribution in [1.82, 2.24) is 0 Å². The summed E-state index contributed by atoms with van der Waals surface area (Å²) in [4.78, 5) is 0. The molecular formula is C85H113F3N6+6. The van der Waals surface area contributed by atoms with Gasteiger partial charge in [0.2, 0.25) is 34.2 Å². The number of rotatable bonds is 6. The van der Waals surface area contributed by atoms with Crippen LogP contribution in [0.2, 0.25) is 0 Å². The third-order valence-electron chi connectivity index (χ3n) is 19.0. The Hall–Kier alpha value is -7.65. The van der Waals surface area contributed by atoms with E-state index >= 15 is 0 Å². The van der Waals surface area contributed by atoms with Crippen LogP contribution in [-0.2, 0) is 81.0 Å². The van der Waals surface area contributed by atoms with Gasteiger partial charge in [-0.15, -0.1) is 0 Å². The van der Waals surface area contributed by atoms with E-state index in [1.165, 1.54) is 101 Å². The maximum absolute atomic E-state index is 14.3. The van der Waals surface area contributed by atoms with Crippen LogP contribution in [0, 0.1) is 41.5 Å². The highest BCUT2D eigenvalue weighted by molar-refractivity contribution is 5.80. The molecule has 0 atom stereocenters. The van der Waals surface area contributed by atoms with Gasteiger partial charge in [-0.3, -0.25) is 0 Å². The lowest BCUT2D eigenvalue weighted by Gasteiger charge is -2.21. The molecule has 9 heteroatoms. The number of aryl methyl sites for hydroxylation is 9. The lowest BCUT2D eigenvalue weighted by atomic mass is 9.83. The first kappa shape index (κ1) is 73.8. The Morgan fingerprint density at radius 1 is 0.266 bits per heavy atom. The molecule has 0 radical (unpaired) electrons. The molecule has 6 nitrogen and oxygen atoms in total. The van der Waals surface area contributed by atoms with Crippen molar-refractivity contribution < 1.29 is 40.6 Å². The number of benzene rings is 3. The Balaban J connectivity index is 0.000000200. The van der Waals surface area contributed by atoms with Gasteiger partial charge in [0.15, 0.2) is 37.2 Å². The maximum Gasteiger partial charge on any atom is 0.417 e. The Morgan fingerprint density at radius 2 is 0.543 bits per heavy atom.